The van der Waals surface area contributed by atoms with Crippen LogP contribution >= 0.6 is 0 Å². The average molecular weight is 444 g/mol. The van der Waals surface area contributed by atoms with Gasteiger partial charge in [-0.3, -0.25) is 9.69 Å². The summed E-state index contributed by atoms with van der Waals surface area (Å²) in [5.41, 5.74) is 0.601. The van der Waals surface area contributed by atoms with E-state index in [0.717, 1.165) is 44.8 Å². The molecule has 2 aromatic rings. The Hall–Kier alpha value is -2.49. The van der Waals surface area contributed by atoms with E-state index in [9.17, 15) is 13.2 Å². The van der Waals surface area contributed by atoms with Crippen LogP contribution in [0, 0.1) is 0 Å². The number of amides is 1. The lowest BCUT2D eigenvalue weighted by Gasteiger charge is -2.37. The fourth-order valence-corrected chi connectivity index (χ4v) is 5.60. The lowest BCUT2D eigenvalue weighted by molar-refractivity contribution is -0.120. The van der Waals surface area contributed by atoms with Crippen LogP contribution in [0.15, 0.2) is 53.6 Å². The molecular formula is C22H29N5O3S. The molecule has 9 heteroatoms. The van der Waals surface area contributed by atoms with Crippen molar-refractivity contribution in [2.45, 2.75) is 30.7 Å². The van der Waals surface area contributed by atoms with Crippen LogP contribution in [0.3, 0.4) is 0 Å². The smallest absolute Gasteiger partial charge is 0.243 e. The molecule has 0 aliphatic carbocycles. The summed E-state index contributed by atoms with van der Waals surface area (Å²) in [7, 11) is -3.44. The quantitative estimate of drug-likeness (QED) is 0.735. The number of aromatic nitrogens is 1. The molecule has 2 saturated heterocycles. The summed E-state index contributed by atoms with van der Waals surface area (Å²) in [6, 6.07) is 12.1. The van der Waals surface area contributed by atoms with E-state index >= 15 is 0 Å². The van der Waals surface area contributed by atoms with Crippen LogP contribution in [-0.2, 0) is 14.8 Å². The van der Waals surface area contributed by atoms with E-state index in [2.05, 4.69) is 20.1 Å². The Morgan fingerprint density at radius 1 is 0.968 bits per heavy atom. The van der Waals surface area contributed by atoms with Gasteiger partial charge in [0.25, 0.3) is 0 Å². The number of anilines is 2. The van der Waals surface area contributed by atoms with Gasteiger partial charge in [-0.1, -0.05) is 6.07 Å². The Labute approximate surface area is 183 Å². The van der Waals surface area contributed by atoms with Crippen molar-refractivity contribution in [3.05, 3.63) is 48.7 Å². The third kappa shape index (κ3) is 4.89. The van der Waals surface area contributed by atoms with E-state index in [0.29, 0.717) is 18.8 Å². The molecule has 0 saturated carbocycles. The molecule has 1 N–H and O–H groups in total. The highest BCUT2D eigenvalue weighted by Crippen LogP contribution is 2.22. The predicted molar refractivity (Wildman–Crippen MR) is 121 cm³/mol. The molecular weight excluding hydrogens is 414 g/mol. The minimum Gasteiger partial charge on any atom is -0.354 e. The number of carbonyl (C=O) groups excluding carboxylic acids is 1. The molecule has 166 valence electrons. The van der Waals surface area contributed by atoms with Gasteiger partial charge < -0.3 is 10.2 Å². The monoisotopic (exact) mass is 443 g/mol. The van der Waals surface area contributed by atoms with Gasteiger partial charge in [0.05, 0.1) is 10.9 Å². The van der Waals surface area contributed by atoms with Gasteiger partial charge in [-0.25, -0.2) is 13.4 Å². The summed E-state index contributed by atoms with van der Waals surface area (Å²) in [5.74, 6) is 0.865. The molecule has 2 aliphatic heterocycles. The maximum atomic E-state index is 12.7. The lowest BCUT2D eigenvalue weighted by Crippen LogP contribution is -2.53. The fourth-order valence-electron chi connectivity index (χ4n) is 4.08. The molecule has 2 fully saturated rings. The number of rotatable bonds is 6. The van der Waals surface area contributed by atoms with E-state index < -0.39 is 10.0 Å². The second-order valence-corrected chi connectivity index (χ2v) is 9.95. The first-order valence-electron chi connectivity index (χ1n) is 10.8. The fraction of sp³-hybridized carbons (Fsp3) is 0.455. The number of hydrogen-bond donors (Lipinski definition) is 1. The van der Waals surface area contributed by atoms with E-state index in [1.165, 1.54) is 4.31 Å². The van der Waals surface area contributed by atoms with Crippen LogP contribution < -0.4 is 10.2 Å². The van der Waals surface area contributed by atoms with Crippen LogP contribution in [0.2, 0.25) is 0 Å². The number of nitrogens with zero attached hydrogens (tertiary/aromatic N) is 4. The van der Waals surface area contributed by atoms with E-state index in [-0.39, 0.29) is 16.8 Å². The minimum absolute atomic E-state index is 0.0959. The van der Waals surface area contributed by atoms with Gasteiger partial charge >= 0.3 is 0 Å². The zero-order chi connectivity index (χ0) is 21.8. The van der Waals surface area contributed by atoms with Crippen LogP contribution in [0.25, 0.3) is 0 Å². The number of sulfonamides is 1. The molecule has 0 spiro atoms. The zero-order valence-electron chi connectivity index (χ0n) is 17.8. The number of benzene rings is 1. The van der Waals surface area contributed by atoms with Crippen LogP contribution in [0.5, 0.6) is 0 Å². The molecule has 4 rings (SSSR count). The van der Waals surface area contributed by atoms with Crippen LogP contribution in [-0.4, -0.2) is 73.8 Å². The highest BCUT2D eigenvalue weighted by Gasteiger charge is 2.28. The van der Waals surface area contributed by atoms with Gasteiger partial charge in [-0.05, 0) is 56.2 Å². The molecule has 8 nitrogen and oxygen atoms in total. The molecule has 0 radical (unpaired) electrons. The molecule has 1 amide bonds. The maximum Gasteiger partial charge on any atom is 0.243 e. The van der Waals surface area contributed by atoms with Crippen LogP contribution in [0.1, 0.15) is 19.8 Å². The first kappa shape index (κ1) is 21.7. The molecule has 2 aliphatic rings. The van der Waals surface area contributed by atoms with Crippen molar-refractivity contribution in [3.63, 3.8) is 0 Å². The topological polar surface area (TPSA) is 85.8 Å². The third-order valence-corrected chi connectivity index (χ3v) is 7.95. The summed E-state index contributed by atoms with van der Waals surface area (Å²) in [5, 5.41) is 2.92. The van der Waals surface area contributed by atoms with Gasteiger partial charge in [0.1, 0.15) is 5.82 Å². The number of hydrogen-bond acceptors (Lipinski definition) is 6. The van der Waals surface area contributed by atoms with Crippen molar-refractivity contribution in [2.75, 3.05) is 49.5 Å². The number of carbonyl (C=O) groups is 1. The molecule has 3 heterocycles. The molecule has 0 unspecified atom stereocenters. The standard InChI is InChI=1S/C22H29N5O3S/c1-18(25-14-16-26(17-15-25)21-6-2-3-11-23-21)22(28)24-19-7-9-20(10-8-19)31(29,30)27-12-4-5-13-27/h2-3,6-11,18H,4-5,12-17H2,1H3,(H,24,28)/t18-/m0/s1. The van der Waals surface area contributed by atoms with E-state index in [4.69, 9.17) is 0 Å². The van der Waals surface area contributed by atoms with Crippen molar-refractivity contribution in [3.8, 4) is 0 Å². The molecule has 31 heavy (non-hydrogen) atoms. The highest BCUT2D eigenvalue weighted by molar-refractivity contribution is 7.89. The summed E-state index contributed by atoms with van der Waals surface area (Å²) < 4.78 is 26.8. The minimum atomic E-state index is -3.44. The number of nitrogens with one attached hydrogen (secondary N) is 1. The Morgan fingerprint density at radius 3 is 2.26 bits per heavy atom. The van der Waals surface area contributed by atoms with Crippen molar-refractivity contribution < 1.29 is 13.2 Å². The number of pyridine rings is 1. The SMILES string of the molecule is C[C@@H](C(=O)Nc1ccc(S(=O)(=O)N2CCCC2)cc1)N1CCN(c2ccccn2)CC1. The second-order valence-electron chi connectivity index (χ2n) is 8.01. The zero-order valence-corrected chi connectivity index (χ0v) is 18.6. The molecule has 1 aromatic carbocycles. The largest absolute Gasteiger partial charge is 0.354 e. The van der Waals surface area contributed by atoms with Gasteiger partial charge in [0, 0.05) is 51.2 Å². The lowest BCUT2D eigenvalue weighted by atomic mass is 10.2. The molecule has 1 aromatic heterocycles. The highest BCUT2D eigenvalue weighted by atomic mass is 32.2. The van der Waals surface area contributed by atoms with Crippen molar-refractivity contribution in [2.24, 2.45) is 0 Å². The first-order chi connectivity index (χ1) is 14.9. The molecule has 0 bridgehead atoms. The third-order valence-electron chi connectivity index (χ3n) is 6.04. The van der Waals surface area contributed by atoms with Crippen LogP contribution in [0.4, 0.5) is 11.5 Å². The Bertz CT molecular complexity index is 984. The Balaban J connectivity index is 1.32. The Kier molecular flexibility index (Phi) is 6.54. The summed E-state index contributed by atoms with van der Waals surface area (Å²) >= 11 is 0. The van der Waals surface area contributed by atoms with Gasteiger partial charge in [-0.15, -0.1) is 0 Å². The average Bonchev–Trinajstić information content (AvgIpc) is 3.36. The Morgan fingerprint density at radius 2 is 1.65 bits per heavy atom. The summed E-state index contributed by atoms with van der Waals surface area (Å²) in [4.78, 5) is 21.8. The van der Waals surface area contributed by atoms with E-state index in [1.54, 1.807) is 30.5 Å². The summed E-state index contributed by atoms with van der Waals surface area (Å²) in [6.45, 7) is 6.24. The van der Waals surface area contributed by atoms with Gasteiger partial charge in [-0.2, -0.15) is 4.31 Å². The van der Waals surface area contributed by atoms with Crippen molar-refractivity contribution >= 4 is 27.4 Å². The van der Waals surface area contributed by atoms with Gasteiger partial charge in [0.15, 0.2) is 0 Å². The number of piperazine rings is 1. The first-order valence-corrected chi connectivity index (χ1v) is 12.2. The van der Waals surface area contributed by atoms with Crippen molar-refractivity contribution in [1.82, 2.24) is 14.2 Å². The van der Waals surface area contributed by atoms with E-state index in [1.807, 2.05) is 25.1 Å². The van der Waals surface area contributed by atoms with Gasteiger partial charge in [0.2, 0.25) is 15.9 Å². The normalized spacial score (nSPS) is 19.3. The predicted octanol–water partition coefficient (Wildman–Crippen LogP) is 2.02. The maximum absolute atomic E-state index is 12.7. The summed E-state index contributed by atoms with van der Waals surface area (Å²) in [6.07, 6.45) is 3.60. The second kappa shape index (κ2) is 9.33. The molecule has 1 atom stereocenters. The van der Waals surface area contributed by atoms with Crippen molar-refractivity contribution in [1.29, 1.82) is 0 Å².